The molecule has 4 saturated carbocycles. The summed E-state index contributed by atoms with van der Waals surface area (Å²) in [7, 11) is 0. The summed E-state index contributed by atoms with van der Waals surface area (Å²) < 4.78 is 11.4. The quantitative estimate of drug-likeness (QED) is 0.782. The summed E-state index contributed by atoms with van der Waals surface area (Å²) in [5.74, 6) is 4.77. The van der Waals surface area contributed by atoms with Crippen molar-refractivity contribution in [3.05, 3.63) is 52.9 Å². The molecule has 4 fully saturated rings. The van der Waals surface area contributed by atoms with Gasteiger partial charge in [0.15, 0.2) is 5.76 Å². The van der Waals surface area contributed by atoms with Crippen LogP contribution in [0.1, 0.15) is 48.4 Å². The second-order valence-electron chi connectivity index (χ2n) is 8.44. The molecule has 0 radical (unpaired) electrons. The lowest BCUT2D eigenvalue weighted by molar-refractivity contribution is -0.0123. The van der Waals surface area contributed by atoms with Crippen molar-refractivity contribution in [1.82, 2.24) is 5.32 Å². The average molecular weight is 386 g/mol. The van der Waals surface area contributed by atoms with E-state index in [-0.39, 0.29) is 12.5 Å². The van der Waals surface area contributed by atoms with Crippen LogP contribution in [0, 0.1) is 23.7 Å². The summed E-state index contributed by atoms with van der Waals surface area (Å²) >= 11 is 5.87. The van der Waals surface area contributed by atoms with E-state index in [2.05, 4.69) is 5.32 Å². The molecule has 5 heteroatoms. The van der Waals surface area contributed by atoms with E-state index in [4.69, 9.17) is 20.8 Å². The summed E-state index contributed by atoms with van der Waals surface area (Å²) in [5, 5.41) is 3.95. The van der Waals surface area contributed by atoms with Crippen LogP contribution in [0.25, 0.3) is 0 Å². The molecule has 142 valence electrons. The van der Waals surface area contributed by atoms with Gasteiger partial charge in [-0.25, -0.2) is 0 Å². The van der Waals surface area contributed by atoms with Gasteiger partial charge in [-0.1, -0.05) is 11.6 Å². The minimum absolute atomic E-state index is 0.0924. The fraction of sp³-hybridized carbons (Fsp3) is 0.500. The maximum Gasteiger partial charge on any atom is 0.287 e. The van der Waals surface area contributed by atoms with E-state index in [1.165, 1.54) is 32.1 Å². The third-order valence-electron chi connectivity index (χ3n) is 6.60. The van der Waals surface area contributed by atoms with Crippen LogP contribution < -0.4 is 10.1 Å². The first-order valence-corrected chi connectivity index (χ1v) is 10.3. The van der Waals surface area contributed by atoms with Crippen molar-refractivity contribution in [2.24, 2.45) is 23.7 Å². The largest absolute Gasteiger partial charge is 0.486 e. The number of amides is 1. The van der Waals surface area contributed by atoms with Crippen LogP contribution in [-0.4, -0.2) is 11.9 Å². The van der Waals surface area contributed by atoms with Crippen LogP contribution in [0.4, 0.5) is 0 Å². The van der Waals surface area contributed by atoms with Gasteiger partial charge in [-0.2, -0.15) is 0 Å². The maximum absolute atomic E-state index is 12.7. The van der Waals surface area contributed by atoms with Gasteiger partial charge < -0.3 is 14.5 Å². The molecule has 1 aromatic carbocycles. The molecule has 4 nitrogen and oxygen atoms in total. The molecule has 1 heterocycles. The van der Waals surface area contributed by atoms with Crippen LogP contribution in [0.3, 0.4) is 0 Å². The number of benzene rings is 1. The van der Waals surface area contributed by atoms with E-state index < -0.39 is 0 Å². The van der Waals surface area contributed by atoms with E-state index in [0.717, 1.165) is 17.6 Å². The Morgan fingerprint density at radius 1 is 1.00 bits per heavy atom. The summed E-state index contributed by atoms with van der Waals surface area (Å²) in [6, 6.07) is 11.1. The third kappa shape index (κ3) is 3.47. The van der Waals surface area contributed by atoms with E-state index in [1.54, 1.807) is 18.2 Å². The zero-order valence-corrected chi connectivity index (χ0v) is 16.0. The number of nitrogens with one attached hydrogen (secondary N) is 1. The minimum atomic E-state index is -0.0924. The number of halogens is 1. The van der Waals surface area contributed by atoms with Gasteiger partial charge in [-0.05, 0) is 92.2 Å². The lowest BCUT2D eigenvalue weighted by Gasteiger charge is -2.54. The Hall–Kier alpha value is -1.94. The van der Waals surface area contributed by atoms with Crippen LogP contribution in [-0.2, 0) is 6.61 Å². The van der Waals surface area contributed by atoms with E-state index in [1.807, 2.05) is 18.2 Å². The summed E-state index contributed by atoms with van der Waals surface area (Å²) in [6.07, 6.45) is 6.57. The van der Waals surface area contributed by atoms with Crippen LogP contribution >= 0.6 is 11.6 Å². The highest BCUT2D eigenvalue weighted by molar-refractivity contribution is 6.30. The molecule has 0 saturated heterocycles. The fourth-order valence-electron chi connectivity index (χ4n) is 5.65. The molecule has 0 spiro atoms. The normalized spacial score (nSPS) is 31.1. The van der Waals surface area contributed by atoms with Gasteiger partial charge in [0.25, 0.3) is 5.91 Å². The van der Waals surface area contributed by atoms with Gasteiger partial charge in [-0.3, -0.25) is 4.79 Å². The zero-order valence-electron chi connectivity index (χ0n) is 15.2. The Morgan fingerprint density at radius 3 is 2.33 bits per heavy atom. The summed E-state index contributed by atoms with van der Waals surface area (Å²) in [5.41, 5.74) is 0. The van der Waals surface area contributed by atoms with Crippen molar-refractivity contribution in [2.45, 2.75) is 44.8 Å². The zero-order chi connectivity index (χ0) is 18.4. The smallest absolute Gasteiger partial charge is 0.287 e. The van der Waals surface area contributed by atoms with Crippen molar-refractivity contribution in [1.29, 1.82) is 0 Å². The highest BCUT2D eigenvalue weighted by atomic mass is 35.5. The number of hydrogen-bond donors (Lipinski definition) is 1. The molecule has 1 aromatic heterocycles. The third-order valence-corrected chi connectivity index (χ3v) is 6.86. The molecule has 0 unspecified atom stereocenters. The van der Waals surface area contributed by atoms with E-state index >= 15 is 0 Å². The molecule has 4 bridgehead atoms. The first-order chi connectivity index (χ1) is 13.1. The van der Waals surface area contributed by atoms with Crippen LogP contribution in [0.2, 0.25) is 5.02 Å². The Labute approximate surface area is 164 Å². The topological polar surface area (TPSA) is 51.5 Å². The first kappa shape index (κ1) is 17.2. The standard InChI is InChI=1S/C22H24ClNO3/c23-17-1-3-18(4-2-17)26-12-19-5-6-20(27-19)22(25)24-21-15-8-13-7-14(10-15)11-16(21)9-13/h1-6,13-16,21H,7-12H2,(H,24,25). The van der Waals surface area contributed by atoms with Crippen molar-refractivity contribution in [3.63, 3.8) is 0 Å². The number of carbonyl (C=O) groups is 1. The Kier molecular flexibility index (Phi) is 4.39. The Bertz CT molecular complexity index is 800. The van der Waals surface area contributed by atoms with Gasteiger partial charge in [0, 0.05) is 11.1 Å². The predicted octanol–water partition coefficient (Wildman–Crippen LogP) is 5.07. The number of ether oxygens (including phenoxy) is 1. The summed E-state index contributed by atoms with van der Waals surface area (Å²) in [4.78, 5) is 12.7. The second kappa shape index (κ2) is 6.90. The lowest BCUT2D eigenvalue weighted by Crippen LogP contribution is -2.55. The molecule has 4 aliphatic rings. The highest BCUT2D eigenvalue weighted by Crippen LogP contribution is 2.53. The molecular weight excluding hydrogens is 362 g/mol. The Balaban J connectivity index is 1.19. The maximum atomic E-state index is 12.7. The van der Waals surface area contributed by atoms with Gasteiger partial charge in [0.1, 0.15) is 18.1 Å². The molecule has 6 rings (SSSR count). The monoisotopic (exact) mass is 385 g/mol. The molecule has 2 aromatic rings. The Morgan fingerprint density at radius 2 is 1.67 bits per heavy atom. The van der Waals surface area contributed by atoms with Crippen molar-refractivity contribution < 1.29 is 13.9 Å². The van der Waals surface area contributed by atoms with Crippen molar-refractivity contribution in [3.8, 4) is 5.75 Å². The van der Waals surface area contributed by atoms with Crippen molar-refractivity contribution >= 4 is 17.5 Å². The SMILES string of the molecule is O=C(NC1C2CC3CC(C2)CC1C3)c1ccc(COc2ccc(Cl)cc2)o1. The fourth-order valence-corrected chi connectivity index (χ4v) is 5.77. The van der Waals surface area contributed by atoms with E-state index in [0.29, 0.717) is 34.4 Å². The molecule has 0 atom stereocenters. The van der Waals surface area contributed by atoms with Gasteiger partial charge in [0.05, 0.1) is 0 Å². The average Bonchev–Trinajstić information content (AvgIpc) is 3.13. The molecule has 27 heavy (non-hydrogen) atoms. The number of carbonyl (C=O) groups excluding carboxylic acids is 1. The van der Waals surface area contributed by atoms with E-state index in [9.17, 15) is 4.79 Å². The predicted molar refractivity (Wildman–Crippen MR) is 103 cm³/mol. The molecule has 0 aliphatic heterocycles. The van der Waals surface area contributed by atoms with Gasteiger partial charge in [-0.15, -0.1) is 0 Å². The lowest BCUT2D eigenvalue weighted by atomic mass is 9.54. The first-order valence-electron chi connectivity index (χ1n) is 9.92. The second-order valence-corrected chi connectivity index (χ2v) is 8.87. The van der Waals surface area contributed by atoms with Gasteiger partial charge in [0.2, 0.25) is 0 Å². The molecule has 1 N–H and O–H groups in total. The highest BCUT2D eigenvalue weighted by Gasteiger charge is 2.48. The van der Waals surface area contributed by atoms with Crippen LogP contribution in [0.15, 0.2) is 40.8 Å². The van der Waals surface area contributed by atoms with Crippen LogP contribution in [0.5, 0.6) is 5.75 Å². The van der Waals surface area contributed by atoms with Gasteiger partial charge >= 0.3 is 0 Å². The number of furan rings is 1. The number of hydrogen-bond acceptors (Lipinski definition) is 3. The molecule has 1 amide bonds. The van der Waals surface area contributed by atoms with Crippen molar-refractivity contribution in [2.75, 3.05) is 0 Å². The molecule has 4 aliphatic carbocycles. The minimum Gasteiger partial charge on any atom is -0.486 e. The summed E-state index contributed by atoms with van der Waals surface area (Å²) in [6.45, 7) is 0.285. The number of rotatable bonds is 5. The molecular formula is C22H24ClNO3.